The van der Waals surface area contributed by atoms with Gasteiger partial charge < -0.3 is 9.47 Å². The van der Waals surface area contributed by atoms with Crippen LogP contribution < -0.4 is 10.5 Å². The van der Waals surface area contributed by atoms with Crippen LogP contribution in [0, 0.1) is 11.3 Å². The molecule has 150 valence electrons. The van der Waals surface area contributed by atoms with Crippen LogP contribution in [-0.2, 0) is 20.6 Å². The van der Waals surface area contributed by atoms with Crippen molar-refractivity contribution in [2.75, 3.05) is 18.0 Å². The maximum absolute atomic E-state index is 12.6. The Kier molecular flexibility index (Phi) is 4.80. The molecule has 9 nitrogen and oxygen atoms in total. The lowest BCUT2D eigenvalue weighted by Crippen LogP contribution is -2.56. The summed E-state index contributed by atoms with van der Waals surface area (Å²) in [6.45, 7) is 6.63. The molecule has 4 rings (SSSR count). The number of anilines is 1. The number of piperazine rings is 1. The minimum Gasteiger partial charge on any atom is -0.364 e. The predicted octanol–water partition coefficient (Wildman–Crippen LogP) is 1.03. The number of aryl methyl sites for hydroxylation is 2. The zero-order chi connectivity index (χ0) is 20.7. The molecule has 1 aliphatic rings. The standard InChI is InChI=1S/C20H24N8O/c1-13-10-28(14(2)9-27(13)12-16-11-25(3)24-23-16)18-7-19(29)26(4)17-6-5-15(8-21)22-20(17)18/h5-7,11,13-14H,9-10,12H2,1-4H3/t13-,14+/m1/s1. The fourth-order valence-corrected chi connectivity index (χ4v) is 4.02. The summed E-state index contributed by atoms with van der Waals surface area (Å²) >= 11 is 0. The minimum absolute atomic E-state index is 0.0825. The summed E-state index contributed by atoms with van der Waals surface area (Å²) in [5.74, 6) is 0. The number of rotatable bonds is 3. The van der Waals surface area contributed by atoms with Crippen LogP contribution in [0.5, 0.6) is 0 Å². The van der Waals surface area contributed by atoms with E-state index in [1.807, 2.05) is 13.2 Å². The van der Waals surface area contributed by atoms with E-state index in [0.717, 1.165) is 36.5 Å². The van der Waals surface area contributed by atoms with E-state index >= 15 is 0 Å². The molecule has 3 aromatic heterocycles. The van der Waals surface area contributed by atoms with Crippen molar-refractivity contribution >= 4 is 16.7 Å². The molecule has 0 radical (unpaired) electrons. The first kappa shape index (κ1) is 19.1. The second kappa shape index (κ2) is 7.29. The summed E-state index contributed by atoms with van der Waals surface area (Å²) in [7, 11) is 3.59. The number of hydrogen-bond acceptors (Lipinski definition) is 7. The van der Waals surface area contributed by atoms with Crippen LogP contribution >= 0.6 is 0 Å². The average Bonchev–Trinajstić information content (AvgIpc) is 3.11. The molecule has 0 aliphatic carbocycles. The van der Waals surface area contributed by atoms with Gasteiger partial charge in [-0.25, -0.2) is 4.98 Å². The van der Waals surface area contributed by atoms with E-state index in [0.29, 0.717) is 11.2 Å². The predicted molar refractivity (Wildman–Crippen MR) is 109 cm³/mol. The molecule has 0 bridgehead atoms. The molecule has 1 fully saturated rings. The molecule has 2 atom stereocenters. The number of fused-ring (bicyclic) bond motifs is 1. The molecule has 0 unspecified atom stereocenters. The van der Waals surface area contributed by atoms with Crippen molar-refractivity contribution in [1.82, 2.24) is 29.4 Å². The van der Waals surface area contributed by atoms with E-state index in [4.69, 9.17) is 0 Å². The lowest BCUT2D eigenvalue weighted by Gasteiger charge is -2.45. The van der Waals surface area contributed by atoms with E-state index in [1.54, 1.807) is 34.5 Å². The summed E-state index contributed by atoms with van der Waals surface area (Å²) in [4.78, 5) is 21.7. The van der Waals surface area contributed by atoms with Gasteiger partial charge in [-0.1, -0.05) is 5.21 Å². The maximum Gasteiger partial charge on any atom is 0.252 e. The number of hydrogen-bond donors (Lipinski definition) is 0. The molecule has 1 aliphatic heterocycles. The quantitative estimate of drug-likeness (QED) is 0.657. The monoisotopic (exact) mass is 392 g/mol. The molecule has 0 N–H and O–H groups in total. The smallest absolute Gasteiger partial charge is 0.252 e. The van der Waals surface area contributed by atoms with E-state index in [-0.39, 0.29) is 17.6 Å². The van der Waals surface area contributed by atoms with Crippen molar-refractivity contribution in [2.45, 2.75) is 32.5 Å². The van der Waals surface area contributed by atoms with Crippen LogP contribution in [0.25, 0.3) is 11.0 Å². The lowest BCUT2D eigenvalue weighted by molar-refractivity contribution is 0.156. The Morgan fingerprint density at radius 2 is 2.00 bits per heavy atom. The van der Waals surface area contributed by atoms with Crippen LogP contribution in [0.15, 0.2) is 29.2 Å². The lowest BCUT2D eigenvalue weighted by atomic mass is 10.1. The van der Waals surface area contributed by atoms with Gasteiger partial charge in [-0.2, -0.15) is 5.26 Å². The van der Waals surface area contributed by atoms with Gasteiger partial charge in [0, 0.05) is 58.1 Å². The van der Waals surface area contributed by atoms with Crippen molar-refractivity contribution in [1.29, 1.82) is 5.26 Å². The summed E-state index contributed by atoms with van der Waals surface area (Å²) in [5, 5.41) is 17.5. The molecule has 0 amide bonds. The third-order valence-corrected chi connectivity index (χ3v) is 5.62. The fraction of sp³-hybridized carbons (Fsp3) is 0.450. The van der Waals surface area contributed by atoms with Crippen molar-refractivity contribution in [3.63, 3.8) is 0 Å². The first-order valence-electron chi connectivity index (χ1n) is 9.64. The third kappa shape index (κ3) is 3.47. The van der Waals surface area contributed by atoms with Crippen LogP contribution in [-0.4, -0.2) is 54.6 Å². The van der Waals surface area contributed by atoms with Gasteiger partial charge >= 0.3 is 0 Å². The topological polar surface area (TPSA) is 95.9 Å². The van der Waals surface area contributed by atoms with Gasteiger partial charge in [-0.3, -0.25) is 14.4 Å². The first-order chi connectivity index (χ1) is 13.9. The zero-order valence-corrected chi connectivity index (χ0v) is 17.1. The normalized spacial score (nSPS) is 20.2. The Bertz CT molecular complexity index is 1160. The summed E-state index contributed by atoms with van der Waals surface area (Å²) in [5.41, 5.74) is 3.42. The highest BCUT2D eigenvalue weighted by atomic mass is 16.1. The number of nitriles is 1. The molecular formula is C20H24N8O. The Morgan fingerprint density at radius 1 is 1.21 bits per heavy atom. The molecule has 0 spiro atoms. The van der Waals surface area contributed by atoms with E-state index in [2.05, 4.69) is 45.0 Å². The number of aromatic nitrogens is 5. The minimum atomic E-state index is -0.0825. The van der Waals surface area contributed by atoms with Crippen molar-refractivity contribution in [2.24, 2.45) is 14.1 Å². The van der Waals surface area contributed by atoms with Gasteiger partial charge in [0.1, 0.15) is 17.3 Å². The van der Waals surface area contributed by atoms with Gasteiger partial charge in [-0.05, 0) is 26.0 Å². The van der Waals surface area contributed by atoms with Gasteiger partial charge in [0.25, 0.3) is 5.56 Å². The highest BCUT2D eigenvalue weighted by molar-refractivity contribution is 5.89. The first-order valence-corrected chi connectivity index (χ1v) is 9.64. The zero-order valence-electron chi connectivity index (χ0n) is 17.1. The van der Waals surface area contributed by atoms with Crippen LogP contribution in [0.4, 0.5) is 5.69 Å². The van der Waals surface area contributed by atoms with Crippen molar-refractivity contribution in [3.8, 4) is 6.07 Å². The Morgan fingerprint density at radius 3 is 2.69 bits per heavy atom. The average molecular weight is 392 g/mol. The molecular weight excluding hydrogens is 368 g/mol. The number of pyridine rings is 2. The van der Waals surface area contributed by atoms with Gasteiger partial charge in [0.15, 0.2) is 0 Å². The second-order valence-electron chi connectivity index (χ2n) is 7.77. The van der Waals surface area contributed by atoms with Crippen LogP contribution in [0.2, 0.25) is 0 Å². The summed E-state index contributed by atoms with van der Waals surface area (Å²) < 4.78 is 3.29. The molecule has 0 saturated carbocycles. The fourth-order valence-electron chi connectivity index (χ4n) is 4.02. The van der Waals surface area contributed by atoms with E-state index in [1.165, 1.54) is 0 Å². The maximum atomic E-state index is 12.6. The second-order valence-corrected chi connectivity index (χ2v) is 7.77. The van der Waals surface area contributed by atoms with Crippen LogP contribution in [0.3, 0.4) is 0 Å². The van der Waals surface area contributed by atoms with Crippen LogP contribution in [0.1, 0.15) is 25.2 Å². The SMILES string of the molecule is C[C@@H]1CN(c2cc(=O)n(C)c3ccc(C#N)nc23)[C@@H](C)CN1Cc1cn(C)nn1. The largest absolute Gasteiger partial charge is 0.364 e. The van der Waals surface area contributed by atoms with E-state index < -0.39 is 0 Å². The molecule has 4 heterocycles. The Labute approximate surface area is 168 Å². The third-order valence-electron chi connectivity index (χ3n) is 5.62. The molecule has 9 heteroatoms. The highest BCUT2D eigenvalue weighted by Crippen LogP contribution is 2.29. The molecule has 29 heavy (non-hydrogen) atoms. The van der Waals surface area contributed by atoms with Crippen molar-refractivity contribution < 1.29 is 0 Å². The molecule has 3 aromatic rings. The van der Waals surface area contributed by atoms with E-state index in [9.17, 15) is 10.1 Å². The Hall–Kier alpha value is -3.25. The Balaban J connectivity index is 1.69. The van der Waals surface area contributed by atoms with Gasteiger partial charge in [0.2, 0.25) is 0 Å². The summed E-state index contributed by atoms with van der Waals surface area (Å²) in [6, 6.07) is 7.61. The summed E-state index contributed by atoms with van der Waals surface area (Å²) in [6.07, 6.45) is 1.94. The van der Waals surface area contributed by atoms with Crippen molar-refractivity contribution in [3.05, 3.63) is 46.1 Å². The molecule has 0 aromatic carbocycles. The molecule has 1 saturated heterocycles. The highest BCUT2D eigenvalue weighted by Gasteiger charge is 2.31. The number of nitrogens with zero attached hydrogens (tertiary/aromatic N) is 8. The van der Waals surface area contributed by atoms with Gasteiger partial charge in [0.05, 0.1) is 16.9 Å². The van der Waals surface area contributed by atoms with Gasteiger partial charge in [-0.15, -0.1) is 5.10 Å².